The van der Waals surface area contributed by atoms with E-state index in [4.69, 9.17) is 11.1 Å². The largest absolute Gasteiger partial charge is 0.353 e. The zero-order valence-corrected chi connectivity index (χ0v) is 21.4. The minimum atomic E-state index is -0.840. The van der Waals surface area contributed by atoms with Crippen molar-refractivity contribution >= 4 is 23.6 Å². The zero-order chi connectivity index (χ0) is 25.7. The highest BCUT2D eigenvalue weighted by Crippen LogP contribution is 2.25. The number of primary amides is 1. The van der Waals surface area contributed by atoms with Crippen LogP contribution >= 0.6 is 0 Å². The van der Waals surface area contributed by atoms with Crippen molar-refractivity contribution in [1.82, 2.24) is 16.0 Å². The summed E-state index contributed by atoms with van der Waals surface area (Å²) in [4.78, 5) is 35.6. The van der Waals surface area contributed by atoms with Crippen molar-refractivity contribution in [3.63, 3.8) is 0 Å². The highest BCUT2D eigenvalue weighted by molar-refractivity contribution is 6.44. The lowest BCUT2D eigenvalue weighted by molar-refractivity contribution is -0.129. The molecule has 0 saturated heterocycles. The average molecular weight is 474 g/mol. The summed E-state index contributed by atoms with van der Waals surface area (Å²) in [5.41, 5.74) is 5.53. The van der Waals surface area contributed by atoms with E-state index in [-0.39, 0.29) is 18.8 Å². The van der Waals surface area contributed by atoms with E-state index in [2.05, 4.69) is 22.9 Å². The van der Waals surface area contributed by atoms with Crippen LogP contribution in [0.15, 0.2) is 24.3 Å². The van der Waals surface area contributed by atoms with Gasteiger partial charge in [0.25, 0.3) is 5.91 Å². The maximum Gasteiger partial charge on any atom is 0.312 e. The Labute approximate surface area is 204 Å². The number of carbonyl (C=O) groups is 3. The fourth-order valence-corrected chi connectivity index (χ4v) is 3.92. The Hall–Kier alpha value is -2.90. The molecule has 0 bridgehead atoms. The molecule has 190 valence electrons. The van der Waals surface area contributed by atoms with Crippen molar-refractivity contribution in [1.29, 1.82) is 5.41 Å². The molecular weight excluding hydrogens is 430 g/mol. The number of rotatable bonds is 8. The van der Waals surface area contributed by atoms with Crippen LogP contribution in [0.5, 0.6) is 0 Å². The molecule has 0 radical (unpaired) electrons. The molecule has 0 aliphatic heterocycles. The number of aryl methyl sites for hydroxylation is 1. The second-order valence-corrected chi connectivity index (χ2v) is 9.96. The number of hydrogen-bond acceptors (Lipinski definition) is 4. The Morgan fingerprint density at radius 3 is 2.15 bits per heavy atom. The van der Waals surface area contributed by atoms with Crippen molar-refractivity contribution in [3.05, 3.63) is 35.4 Å². The van der Waals surface area contributed by atoms with Gasteiger partial charge in [-0.2, -0.15) is 0 Å². The molecule has 1 fully saturated rings. The molecular formula is C26H43N5O3. The topological polar surface area (TPSA) is 137 Å². The highest BCUT2D eigenvalue weighted by atomic mass is 16.2. The van der Waals surface area contributed by atoms with E-state index in [1.165, 1.54) is 38.5 Å². The van der Waals surface area contributed by atoms with Gasteiger partial charge in [-0.15, -0.1) is 0 Å². The first-order valence-corrected chi connectivity index (χ1v) is 12.2. The molecule has 1 atom stereocenters. The van der Waals surface area contributed by atoms with E-state index in [1.807, 2.05) is 39.8 Å². The third-order valence-corrected chi connectivity index (χ3v) is 6.07. The fourth-order valence-electron chi connectivity index (χ4n) is 3.92. The first kappa shape index (κ1) is 29.1. The third kappa shape index (κ3) is 10.4. The number of nitrogens with one attached hydrogen (secondary N) is 4. The molecule has 1 saturated carbocycles. The van der Waals surface area contributed by atoms with Crippen LogP contribution in [0.4, 0.5) is 4.79 Å². The van der Waals surface area contributed by atoms with E-state index in [1.54, 1.807) is 12.1 Å². The Morgan fingerprint density at radius 2 is 1.65 bits per heavy atom. The Balaban J connectivity index is 0.000000605. The van der Waals surface area contributed by atoms with Gasteiger partial charge in [0.2, 0.25) is 5.91 Å². The van der Waals surface area contributed by atoms with Gasteiger partial charge in [0.15, 0.2) is 0 Å². The standard InChI is InChI=1S/C18H27N5O3.C8H16/c1-11-7-5-6-8-12(11)13(19)15(24)23-14(18(2,3)4)16(25)21-9-10-22-17(20)26;1-2-8-6-4-3-5-7-8/h5-8,14,19H,9-10H2,1-4H3,(H,21,25)(H,23,24)(H3,20,22,26);8H,2-7H2,1H3. The summed E-state index contributed by atoms with van der Waals surface area (Å²) < 4.78 is 0. The molecule has 1 aliphatic carbocycles. The number of benzene rings is 1. The molecule has 1 aliphatic rings. The smallest absolute Gasteiger partial charge is 0.312 e. The summed E-state index contributed by atoms with van der Waals surface area (Å²) >= 11 is 0. The Morgan fingerprint density at radius 1 is 1.06 bits per heavy atom. The summed E-state index contributed by atoms with van der Waals surface area (Å²) in [5, 5.41) is 15.8. The van der Waals surface area contributed by atoms with E-state index >= 15 is 0 Å². The van der Waals surface area contributed by atoms with Gasteiger partial charge in [0.1, 0.15) is 11.8 Å². The molecule has 34 heavy (non-hydrogen) atoms. The van der Waals surface area contributed by atoms with Crippen LogP contribution in [-0.4, -0.2) is 42.7 Å². The first-order chi connectivity index (χ1) is 16.0. The zero-order valence-electron chi connectivity index (χ0n) is 21.4. The first-order valence-electron chi connectivity index (χ1n) is 12.2. The van der Waals surface area contributed by atoms with Crippen molar-refractivity contribution in [2.75, 3.05) is 13.1 Å². The second kappa shape index (κ2) is 14.4. The molecule has 2 rings (SSSR count). The molecule has 8 heteroatoms. The van der Waals surface area contributed by atoms with Crippen LogP contribution in [0.1, 0.15) is 77.3 Å². The van der Waals surface area contributed by atoms with Crippen molar-refractivity contribution in [3.8, 4) is 0 Å². The van der Waals surface area contributed by atoms with Gasteiger partial charge in [-0.3, -0.25) is 15.0 Å². The summed E-state index contributed by atoms with van der Waals surface area (Å²) in [5.74, 6) is 0.0723. The van der Waals surface area contributed by atoms with Crippen molar-refractivity contribution in [2.45, 2.75) is 79.2 Å². The second-order valence-electron chi connectivity index (χ2n) is 9.96. The van der Waals surface area contributed by atoms with Gasteiger partial charge in [0, 0.05) is 18.7 Å². The summed E-state index contributed by atoms with van der Waals surface area (Å²) in [6.07, 6.45) is 8.93. The predicted molar refractivity (Wildman–Crippen MR) is 137 cm³/mol. The molecule has 1 aromatic rings. The minimum Gasteiger partial charge on any atom is -0.353 e. The van der Waals surface area contributed by atoms with E-state index < -0.39 is 29.3 Å². The summed E-state index contributed by atoms with van der Waals surface area (Å²) in [7, 11) is 0. The van der Waals surface area contributed by atoms with Crippen LogP contribution in [0, 0.1) is 23.7 Å². The monoisotopic (exact) mass is 473 g/mol. The van der Waals surface area contributed by atoms with Crippen LogP contribution in [0.25, 0.3) is 0 Å². The highest BCUT2D eigenvalue weighted by Gasteiger charge is 2.33. The van der Waals surface area contributed by atoms with E-state index in [0.717, 1.165) is 11.5 Å². The van der Waals surface area contributed by atoms with Crippen molar-refractivity contribution in [2.24, 2.45) is 17.1 Å². The van der Waals surface area contributed by atoms with E-state index in [9.17, 15) is 14.4 Å². The average Bonchev–Trinajstić information content (AvgIpc) is 2.80. The Kier molecular flexibility index (Phi) is 12.3. The third-order valence-electron chi connectivity index (χ3n) is 6.07. The number of carbonyl (C=O) groups excluding carboxylic acids is 3. The van der Waals surface area contributed by atoms with Gasteiger partial charge in [-0.1, -0.05) is 90.5 Å². The normalized spacial score (nSPS) is 14.7. The predicted octanol–water partition coefficient (Wildman–Crippen LogP) is 3.65. The van der Waals surface area contributed by atoms with Gasteiger partial charge < -0.3 is 21.7 Å². The van der Waals surface area contributed by atoms with Crippen molar-refractivity contribution < 1.29 is 14.4 Å². The molecule has 4 amide bonds. The van der Waals surface area contributed by atoms with Crippen LogP contribution in [0.2, 0.25) is 0 Å². The van der Waals surface area contributed by atoms with Crippen LogP contribution in [-0.2, 0) is 9.59 Å². The number of amides is 4. The lowest BCUT2D eigenvalue weighted by Gasteiger charge is -2.30. The molecule has 1 aromatic carbocycles. The number of hydrogen-bond donors (Lipinski definition) is 5. The maximum absolute atomic E-state index is 12.5. The Bertz CT molecular complexity index is 826. The van der Waals surface area contributed by atoms with E-state index in [0.29, 0.717) is 5.56 Å². The molecule has 1 unspecified atom stereocenters. The van der Waals surface area contributed by atoms with Gasteiger partial charge in [-0.25, -0.2) is 4.79 Å². The molecule has 0 heterocycles. The van der Waals surface area contributed by atoms with Crippen LogP contribution < -0.4 is 21.7 Å². The lowest BCUT2D eigenvalue weighted by Crippen LogP contribution is -2.55. The summed E-state index contributed by atoms with van der Waals surface area (Å²) in [6, 6.07) is 5.58. The molecule has 8 nitrogen and oxygen atoms in total. The number of nitrogens with two attached hydrogens (primary N) is 1. The number of urea groups is 1. The summed E-state index contributed by atoms with van der Waals surface area (Å²) in [6.45, 7) is 9.95. The van der Waals surface area contributed by atoms with Crippen LogP contribution in [0.3, 0.4) is 0 Å². The quantitative estimate of drug-likeness (QED) is 0.291. The molecule has 0 spiro atoms. The SMILES string of the molecule is CCC1CCCCC1.Cc1ccccc1C(=N)C(=O)NC(C(=O)NCCNC(N)=O)C(C)(C)C. The molecule has 0 aromatic heterocycles. The molecule has 6 N–H and O–H groups in total. The van der Waals surface area contributed by atoms with Gasteiger partial charge in [-0.05, 0) is 23.8 Å². The lowest BCUT2D eigenvalue weighted by atomic mass is 9.85. The maximum atomic E-state index is 12.5. The fraction of sp³-hybridized carbons (Fsp3) is 0.615. The van der Waals surface area contributed by atoms with Gasteiger partial charge >= 0.3 is 6.03 Å². The minimum absolute atomic E-state index is 0.180. The van der Waals surface area contributed by atoms with Gasteiger partial charge in [0.05, 0.1) is 0 Å².